The Morgan fingerprint density at radius 2 is 1.84 bits per heavy atom. The van der Waals surface area contributed by atoms with E-state index in [4.69, 9.17) is 0 Å². The van der Waals surface area contributed by atoms with Crippen molar-refractivity contribution < 1.29 is 13.2 Å². The van der Waals surface area contributed by atoms with Gasteiger partial charge in [-0.05, 0) is 30.7 Å². The number of aromatic nitrogens is 3. The van der Waals surface area contributed by atoms with Gasteiger partial charge in [0.25, 0.3) is 0 Å². The Labute approximate surface area is 109 Å². The first-order valence-electron chi connectivity index (χ1n) is 6.09. The molecule has 2 aromatic rings. The number of nitrogens with zero attached hydrogens (tertiary/aromatic N) is 3. The summed E-state index contributed by atoms with van der Waals surface area (Å²) >= 11 is 0. The van der Waals surface area contributed by atoms with Crippen LogP contribution in [0.15, 0.2) is 30.6 Å². The molecule has 0 atom stereocenters. The molecule has 0 saturated carbocycles. The zero-order chi connectivity index (χ0) is 13.9. The van der Waals surface area contributed by atoms with Gasteiger partial charge >= 0.3 is 6.18 Å². The maximum Gasteiger partial charge on any atom is 0.416 e. The third-order valence-corrected chi connectivity index (χ3v) is 2.75. The second-order valence-corrected chi connectivity index (χ2v) is 4.25. The average Bonchev–Trinajstić information content (AvgIpc) is 2.84. The van der Waals surface area contributed by atoms with Crippen molar-refractivity contribution in [1.29, 1.82) is 0 Å². The van der Waals surface area contributed by atoms with E-state index in [2.05, 4.69) is 17.0 Å². The van der Waals surface area contributed by atoms with Crippen molar-refractivity contribution >= 4 is 0 Å². The van der Waals surface area contributed by atoms with E-state index < -0.39 is 11.7 Å². The molecule has 0 saturated heterocycles. The van der Waals surface area contributed by atoms with Gasteiger partial charge in [-0.25, -0.2) is 9.67 Å². The summed E-state index contributed by atoms with van der Waals surface area (Å²) in [5.41, 5.74) is -0.0918. The van der Waals surface area contributed by atoms with Crippen LogP contribution in [0.5, 0.6) is 0 Å². The van der Waals surface area contributed by atoms with Crippen LogP contribution in [0.25, 0.3) is 5.69 Å². The fraction of sp³-hybridized carbons (Fsp3) is 0.385. The van der Waals surface area contributed by atoms with Crippen molar-refractivity contribution in [3.05, 3.63) is 42.0 Å². The highest BCUT2D eigenvalue weighted by molar-refractivity contribution is 5.34. The van der Waals surface area contributed by atoms with Crippen molar-refractivity contribution in [2.75, 3.05) is 0 Å². The van der Waals surface area contributed by atoms with Crippen molar-refractivity contribution in [2.45, 2.75) is 32.4 Å². The number of benzene rings is 1. The van der Waals surface area contributed by atoms with Gasteiger partial charge in [-0.2, -0.15) is 18.3 Å². The van der Waals surface area contributed by atoms with Gasteiger partial charge in [0, 0.05) is 6.42 Å². The highest BCUT2D eigenvalue weighted by Crippen LogP contribution is 2.29. The predicted molar refractivity (Wildman–Crippen MR) is 65.0 cm³/mol. The normalized spacial score (nSPS) is 11.8. The summed E-state index contributed by atoms with van der Waals surface area (Å²) in [5, 5.41) is 4.23. The fourth-order valence-corrected chi connectivity index (χ4v) is 1.67. The molecule has 0 N–H and O–H groups in total. The highest BCUT2D eigenvalue weighted by atomic mass is 19.4. The smallest absolute Gasteiger partial charge is 0.221 e. The topological polar surface area (TPSA) is 30.7 Å². The molecule has 0 aliphatic rings. The van der Waals surface area contributed by atoms with Gasteiger partial charge in [-0.15, -0.1) is 0 Å². The molecule has 0 fully saturated rings. The second-order valence-electron chi connectivity index (χ2n) is 4.25. The van der Waals surface area contributed by atoms with Crippen molar-refractivity contribution in [3.63, 3.8) is 0 Å². The van der Waals surface area contributed by atoms with Crippen LogP contribution in [0.3, 0.4) is 0 Å². The number of unbranched alkanes of at least 4 members (excludes halogenated alkanes) is 1. The number of hydrogen-bond donors (Lipinski definition) is 0. The summed E-state index contributed by atoms with van der Waals surface area (Å²) in [6, 6.07) is 4.87. The summed E-state index contributed by atoms with van der Waals surface area (Å²) in [6.07, 6.45) is 0.0384. The molecule has 6 heteroatoms. The number of rotatable bonds is 4. The molecule has 19 heavy (non-hydrogen) atoms. The monoisotopic (exact) mass is 269 g/mol. The van der Waals surface area contributed by atoms with E-state index in [1.807, 2.05) is 0 Å². The molecular formula is C13H14F3N3. The summed E-state index contributed by atoms with van der Waals surface area (Å²) in [5.74, 6) is 0.710. The second kappa shape index (κ2) is 5.42. The molecule has 102 valence electrons. The van der Waals surface area contributed by atoms with Crippen LogP contribution in [0.2, 0.25) is 0 Å². The van der Waals surface area contributed by atoms with E-state index in [-0.39, 0.29) is 0 Å². The highest BCUT2D eigenvalue weighted by Gasteiger charge is 2.30. The number of halogens is 3. The molecule has 1 aromatic heterocycles. The molecular weight excluding hydrogens is 255 g/mol. The first-order valence-corrected chi connectivity index (χ1v) is 6.09. The molecule has 0 bridgehead atoms. The standard InChI is InChI=1S/C13H14F3N3/c1-2-3-4-12-17-9-19(18-12)11-7-5-10(6-8-11)13(14,15)16/h5-9H,2-4H2,1H3. The van der Waals surface area contributed by atoms with Crippen LogP contribution in [-0.4, -0.2) is 14.8 Å². The summed E-state index contributed by atoms with van der Waals surface area (Å²) in [6.45, 7) is 2.08. The predicted octanol–water partition coefficient (Wildman–Crippen LogP) is 3.63. The minimum atomic E-state index is -4.31. The lowest BCUT2D eigenvalue weighted by Crippen LogP contribution is -2.05. The van der Waals surface area contributed by atoms with Crippen LogP contribution < -0.4 is 0 Å². The van der Waals surface area contributed by atoms with Crippen molar-refractivity contribution in [3.8, 4) is 5.69 Å². The molecule has 0 aliphatic heterocycles. The van der Waals surface area contributed by atoms with E-state index in [9.17, 15) is 13.2 Å². The van der Waals surface area contributed by atoms with Crippen LogP contribution in [0.4, 0.5) is 13.2 Å². The number of alkyl halides is 3. The van der Waals surface area contributed by atoms with Gasteiger partial charge < -0.3 is 0 Å². The van der Waals surface area contributed by atoms with E-state index in [1.54, 1.807) is 0 Å². The van der Waals surface area contributed by atoms with Crippen LogP contribution in [0.1, 0.15) is 31.2 Å². The summed E-state index contributed by atoms with van der Waals surface area (Å²) < 4.78 is 38.8. The quantitative estimate of drug-likeness (QED) is 0.848. The maximum atomic E-state index is 12.4. The lowest BCUT2D eigenvalue weighted by molar-refractivity contribution is -0.137. The Morgan fingerprint density at radius 1 is 1.16 bits per heavy atom. The van der Waals surface area contributed by atoms with Crippen molar-refractivity contribution in [2.24, 2.45) is 0 Å². The first-order chi connectivity index (χ1) is 9.00. The molecule has 2 rings (SSSR count). The largest absolute Gasteiger partial charge is 0.416 e. The van der Waals surface area contributed by atoms with Gasteiger partial charge in [-0.3, -0.25) is 0 Å². The van der Waals surface area contributed by atoms with E-state index >= 15 is 0 Å². The minimum absolute atomic E-state index is 0.572. The van der Waals surface area contributed by atoms with Gasteiger partial charge in [0.2, 0.25) is 0 Å². The summed E-state index contributed by atoms with van der Waals surface area (Å²) in [7, 11) is 0. The molecule has 0 spiro atoms. The van der Waals surface area contributed by atoms with Gasteiger partial charge in [0.1, 0.15) is 6.33 Å². The van der Waals surface area contributed by atoms with Crippen molar-refractivity contribution in [1.82, 2.24) is 14.8 Å². The molecule has 0 unspecified atom stereocenters. The maximum absolute atomic E-state index is 12.4. The summed E-state index contributed by atoms with van der Waals surface area (Å²) in [4.78, 5) is 4.13. The molecule has 0 amide bonds. The number of aryl methyl sites for hydroxylation is 1. The molecule has 1 heterocycles. The SMILES string of the molecule is CCCCc1ncn(-c2ccc(C(F)(F)F)cc2)n1. The van der Waals surface area contributed by atoms with E-state index in [0.717, 1.165) is 31.4 Å². The zero-order valence-electron chi connectivity index (χ0n) is 10.5. The Balaban J connectivity index is 2.16. The fourth-order valence-electron chi connectivity index (χ4n) is 1.67. The minimum Gasteiger partial charge on any atom is -0.221 e. The Kier molecular flexibility index (Phi) is 3.87. The Morgan fingerprint density at radius 3 is 2.42 bits per heavy atom. The number of hydrogen-bond acceptors (Lipinski definition) is 2. The van der Waals surface area contributed by atoms with Crippen LogP contribution in [-0.2, 0) is 12.6 Å². The Hall–Kier alpha value is -1.85. The first kappa shape index (κ1) is 13.6. The lowest BCUT2D eigenvalue weighted by Gasteiger charge is -2.07. The third-order valence-electron chi connectivity index (χ3n) is 2.75. The lowest BCUT2D eigenvalue weighted by atomic mass is 10.2. The van der Waals surface area contributed by atoms with Gasteiger partial charge in [-0.1, -0.05) is 13.3 Å². The van der Waals surface area contributed by atoms with Crippen LogP contribution >= 0.6 is 0 Å². The third kappa shape index (κ3) is 3.33. The van der Waals surface area contributed by atoms with Crippen LogP contribution in [0, 0.1) is 0 Å². The Bertz CT molecular complexity index is 529. The molecule has 1 aromatic carbocycles. The van der Waals surface area contributed by atoms with Gasteiger partial charge in [0.15, 0.2) is 5.82 Å². The van der Waals surface area contributed by atoms with Gasteiger partial charge in [0.05, 0.1) is 11.3 Å². The average molecular weight is 269 g/mol. The zero-order valence-corrected chi connectivity index (χ0v) is 10.5. The molecule has 0 aliphatic carbocycles. The van der Waals surface area contributed by atoms with E-state index in [1.165, 1.54) is 23.1 Å². The van der Waals surface area contributed by atoms with E-state index in [0.29, 0.717) is 11.5 Å². The molecule has 3 nitrogen and oxygen atoms in total. The molecule has 0 radical (unpaired) electrons.